The minimum absolute atomic E-state index is 0.0573. The van der Waals surface area contributed by atoms with Gasteiger partial charge in [0, 0.05) is 11.1 Å². The highest BCUT2D eigenvalue weighted by atomic mass is 35.5. The number of rotatable bonds is 4. The molecule has 1 aromatic rings. The van der Waals surface area contributed by atoms with Gasteiger partial charge in [0.25, 0.3) is 0 Å². The van der Waals surface area contributed by atoms with E-state index in [4.69, 9.17) is 27.9 Å². The lowest BCUT2D eigenvalue weighted by Gasteiger charge is -2.33. The molecule has 0 heterocycles. The van der Waals surface area contributed by atoms with Gasteiger partial charge in [-0.15, -0.1) is 0 Å². The standard InChI is InChI=1S/C16H19Cl2NO/c1-2-3-11-4-5-12(10-19)15(8-11)20-16-9-13(17)6-7-14(16)18/h6-7,9,11-12,15H,2-5,8H2,1H3. The minimum Gasteiger partial charge on any atom is -0.487 e. The van der Waals surface area contributed by atoms with Gasteiger partial charge in [-0.05, 0) is 37.3 Å². The fraction of sp³-hybridized carbons (Fsp3) is 0.562. The first-order valence-corrected chi connectivity index (χ1v) is 7.91. The SMILES string of the molecule is CCCC1CCC(C#N)C(Oc2cc(Cl)ccc2Cl)C1. The predicted octanol–water partition coefficient (Wildman–Crippen LogP) is 5.48. The molecule has 0 aliphatic heterocycles. The van der Waals surface area contributed by atoms with Gasteiger partial charge in [0.1, 0.15) is 11.9 Å². The van der Waals surface area contributed by atoms with E-state index in [-0.39, 0.29) is 12.0 Å². The number of hydrogen-bond acceptors (Lipinski definition) is 2. The monoisotopic (exact) mass is 311 g/mol. The average molecular weight is 312 g/mol. The van der Waals surface area contributed by atoms with Crippen LogP contribution in [0, 0.1) is 23.2 Å². The molecule has 3 unspecified atom stereocenters. The summed E-state index contributed by atoms with van der Waals surface area (Å²) in [5.41, 5.74) is 0. The van der Waals surface area contributed by atoms with E-state index in [1.807, 2.05) is 0 Å². The first-order valence-electron chi connectivity index (χ1n) is 7.15. The number of hydrogen-bond donors (Lipinski definition) is 0. The lowest BCUT2D eigenvalue weighted by Crippen LogP contribution is -2.33. The van der Waals surface area contributed by atoms with Gasteiger partial charge in [0.05, 0.1) is 17.0 Å². The molecular formula is C16H19Cl2NO. The second-order valence-electron chi connectivity index (χ2n) is 5.43. The zero-order chi connectivity index (χ0) is 14.5. The number of nitrogens with zero attached hydrogens (tertiary/aromatic N) is 1. The molecule has 0 bridgehead atoms. The van der Waals surface area contributed by atoms with Gasteiger partial charge in [-0.1, -0.05) is 43.0 Å². The maximum Gasteiger partial charge on any atom is 0.139 e. The van der Waals surface area contributed by atoms with Crippen LogP contribution in [0.1, 0.15) is 39.0 Å². The van der Waals surface area contributed by atoms with Gasteiger partial charge in [0.2, 0.25) is 0 Å². The van der Waals surface area contributed by atoms with Crippen molar-refractivity contribution in [3.63, 3.8) is 0 Å². The van der Waals surface area contributed by atoms with Crippen LogP contribution in [0.15, 0.2) is 18.2 Å². The van der Waals surface area contributed by atoms with Crippen molar-refractivity contribution < 1.29 is 4.74 Å². The molecule has 0 aromatic heterocycles. The summed E-state index contributed by atoms with van der Waals surface area (Å²) >= 11 is 12.1. The lowest BCUT2D eigenvalue weighted by atomic mass is 9.78. The van der Waals surface area contributed by atoms with Crippen LogP contribution in [0.25, 0.3) is 0 Å². The summed E-state index contributed by atoms with van der Waals surface area (Å²) in [4.78, 5) is 0. The van der Waals surface area contributed by atoms with Crippen LogP contribution in [0.4, 0.5) is 0 Å². The lowest BCUT2D eigenvalue weighted by molar-refractivity contribution is 0.0876. The van der Waals surface area contributed by atoms with Crippen molar-refractivity contribution in [2.45, 2.75) is 45.1 Å². The van der Waals surface area contributed by atoms with Crippen molar-refractivity contribution in [1.29, 1.82) is 5.26 Å². The van der Waals surface area contributed by atoms with Crippen molar-refractivity contribution in [1.82, 2.24) is 0 Å². The molecule has 1 aliphatic carbocycles. The Morgan fingerprint density at radius 1 is 1.35 bits per heavy atom. The number of nitriles is 1. The fourth-order valence-corrected chi connectivity index (χ4v) is 3.21. The Kier molecular flexibility index (Phi) is 5.57. The molecular weight excluding hydrogens is 293 g/mol. The Morgan fingerprint density at radius 3 is 2.85 bits per heavy atom. The van der Waals surface area contributed by atoms with Crippen molar-refractivity contribution in [3.8, 4) is 11.8 Å². The number of ether oxygens (including phenoxy) is 1. The average Bonchev–Trinajstić information content (AvgIpc) is 2.44. The Bertz CT molecular complexity index is 498. The maximum atomic E-state index is 9.29. The third-order valence-electron chi connectivity index (χ3n) is 3.93. The first-order chi connectivity index (χ1) is 9.63. The van der Waals surface area contributed by atoms with E-state index in [1.165, 1.54) is 12.8 Å². The zero-order valence-electron chi connectivity index (χ0n) is 11.6. The summed E-state index contributed by atoms with van der Waals surface area (Å²) in [5, 5.41) is 10.4. The van der Waals surface area contributed by atoms with Crippen LogP contribution in [-0.4, -0.2) is 6.10 Å². The van der Waals surface area contributed by atoms with Crippen molar-refractivity contribution >= 4 is 23.2 Å². The Hall–Kier alpha value is -0.910. The molecule has 1 aliphatic rings. The fourth-order valence-electron chi connectivity index (χ4n) is 2.89. The second-order valence-corrected chi connectivity index (χ2v) is 6.28. The molecule has 0 amide bonds. The molecule has 2 nitrogen and oxygen atoms in total. The Morgan fingerprint density at radius 2 is 2.15 bits per heavy atom. The summed E-state index contributed by atoms with van der Waals surface area (Å²) < 4.78 is 6.01. The summed E-state index contributed by atoms with van der Waals surface area (Å²) in [7, 11) is 0. The van der Waals surface area contributed by atoms with Crippen LogP contribution in [0.5, 0.6) is 5.75 Å². The van der Waals surface area contributed by atoms with Gasteiger partial charge in [-0.2, -0.15) is 5.26 Å². The quantitative estimate of drug-likeness (QED) is 0.737. The molecule has 3 atom stereocenters. The highest BCUT2D eigenvalue weighted by molar-refractivity contribution is 6.34. The van der Waals surface area contributed by atoms with Crippen LogP contribution < -0.4 is 4.74 Å². The largest absolute Gasteiger partial charge is 0.487 e. The van der Waals surface area contributed by atoms with Crippen LogP contribution in [0.3, 0.4) is 0 Å². The van der Waals surface area contributed by atoms with E-state index in [0.717, 1.165) is 19.3 Å². The normalized spacial score (nSPS) is 26.0. The van der Waals surface area contributed by atoms with E-state index in [1.54, 1.807) is 18.2 Å². The molecule has 2 rings (SSSR count). The van der Waals surface area contributed by atoms with E-state index in [2.05, 4.69) is 13.0 Å². The van der Waals surface area contributed by atoms with Crippen LogP contribution in [-0.2, 0) is 0 Å². The van der Waals surface area contributed by atoms with E-state index in [0.29, 0.717) is 21.7 Å². The van der Waals surface area contributed by atoms with E-state index < -0.39 is 0 Å². The highest BCUT2D eigenvalue weighted by Crippen LogP contribution is 2.36. The first kappa shape index (κ1) is 15.5. The maximum absolute atomic E-state index is 9.29. The van der Waals surface area contributed by atoms with Gasteiger partial charge in [0.15, 0.2) is 0 Å². The molecule has 108 valence electrons. The summed E-state index contributed by atoms with van der Waals surface area (Å²) in [5.74, 6) is 1.17. The van der Waals surface area contributed by atoms with Gasteiger partial charge < -0.3 is 4.74 Å². The molecule has 1 saturated carbocycles. The molecule has 20 heavy (non-hydrogen) atoms. The number of benzene rings is 1. The molecule has 0 radical (unpaired) electrons. The van der Waals surface area contributed by atoms with Crippen LogP contribution in [0.2, 0.25) is 10.0 Å². The Balaban J connectivity index is 2.11. The topological polar surface area (TPSA) is 33.0 Å². The smallest absolute Gasteiger partial charge is 0.139 e. The summed E-state index contributed by atoms with van der Waals surface area (Å²) in [6, 6.07) is 7.56. The molecule has 0 N–H and O–H groups in total. The van der Waals surface area contributed by atoms with Crippen molar-refractivity contribution in [2.75, 3.05) is 0 Å². The van der Waals surface area contributed by atoms with Crippen LogP contribution >= 0.6 is 23.2 Å². The third kappa shape index (κ3) is 3.81. The molecule has 0 saturated heterocycles. The molecule has 1 fully saturated rings. The van der Waals surface area contributed by atoms with E-state index in [9.17, 15) is 5.26 Å². The van der Waals surface area contributed by atoms with Gasteiger partial charge in [-0.3, -0.25) is 0 Å². The van der Waals surface area contributed by atoms with Gasteiger partial charge in [-0.25, -0.2) is 0 Å². The Labute approximate surface area is 130 Å². The highest BCUT2D eigenvalue weighted by Gasteiger charge is 2.32. The predicted molar refractivity (Wildman–Crippen MR) is 82.2 cm³/mol. The molecule has 1 aromatic carbocycles. The zero-order valence-corrected chi connectivity index (χ0v) is 13.1. The number of halogens is 2. The minimum atomic E-state index is -0.0822. The third-order valence-corrected chi connectivity index (χ3v) is 4.48. The van der Waals surface area contributed by atoms with Crippen molar-refractivity contribution in [2.24, 2.45) is 11.8 Å². The second kappa shape index (κ2) is 7.20. The molecule has 4 heteroatoms. The van der Waals surface area contributed by atoms with Crippen molar-refractivity contribution in [3.05, 3.63) is 28.2 Å². The summed E-state index contributed by atoms with van der Waals surface area (Å²) in [6.07, 6.45) is 5.24. The summed E-state index contributed by atoms with van der Waals surface area (Å²) in [6.45, 7) is 2.19. The molecule has 0 spiro atoms. The van der Waals surface area contributed by atoms with E-state index >= 15 is 0 Å². The van der Waals surface area contributed by atoms with Gasteiger partial charge >= 0.3 is 0 Å².